The maximum absolute atomic E-state index is 12.5. The van der Waals surface area contributed by atoms with E-state index in [1.807, 2.05) is 54.6 Å². The van der Waals surface area contributed by atoms with Gasteiger partial charge in [0.15, 0.2) is 0 Å². The third-order valence-electron chi connectivity index (χ3n) is 5.17. The van der Waals surface area contributed by atoms with Crippen LogP contribution >= 0.6 is 0 Å². The van der Waals surface area contributed by atoms with Gasteiger partial charge in [0.1, 0.15) is 5.75 Å². The van der Waals surface area contributed by atoms with Gasteiger partial charge in [0.05, 0.1) is 24.2 Å². The van der Waals surface area contributed by atoms with Gasteiger partial charge in [-0.25, -0.2) is 5.06 Å². The molecule has 0 unspecified atom stereocenters. The van der Waals surface area contributed by atoms with E-state index in [1.54, 1.807) is 31.5 Å². The van der Waals surface area contributed by atoms with Crippen molar-refractivity contribution < 1.29 is 14.7 Å². The number of methoxy groups -OCH3 is 1. The standard InChI is InChI=1S/C24H18N4O3/c1-31-17-7-10-21-19(14-17)20(24(29)25-21)12-15-5-8-18-22(26-27-23(18)13-15)9-6-16-4-2-3-11-28(16)30/h2-14,30H,1H3,(H,25,29)/b16-6?,20-12+,22-9?. The highest BCUT2D eigenvalue weighted by Crippen LogP contribution is 2.39. The van der Waals surface area contributed by atoms with Crippen molar-refractivity contribution in [3.05, 3.63) is 95.4 Å². The number of nitrogens with one attached hydrogen (secondary N) is 1. The quantitative estimate of drug-likeness (QED) is 0.674. The second kappa shape index (κ2) is 7.55. The second-order valence-corrected chi connectivity index (χ2v) is 7.09. The summed E-state index contributed by atoms with van der Waals surface area (Å²) < 4.78 is 5.29. The summed E-state index contributed by atoms with van der Waals surface area (Å²) in [6.45, 7) is 0. The molecule has 5 rings (SSSR count). The Hall–Kier alpha value is -4.23. The highest BCUT2D eigenvalue weighted by Gasteiger charge is 2.25. The maximum Gasteiger partial charge on any atom is 0.256 e. The number of hydroxylamine groups is 2. The van der Waals surface area contributed by atoms with Crippen molar-refractivity contribution in [3.8, 4) is 5.75 Å². The third-order valence-corrected chi connectivity index (χ3v) is 5.17. The van der Waals surface area contributed by atoms with Crippen LogP contribution in [0.3, 0.4) is 0 Å². The van der Waals surface area contributed by atoms with Crippen LogP contribution in [0.4, 0.5) is 11.4 Å². The van der Waals surface area contributed by atoms with Gasteiger partial charge in [0, 0.05) is 28.6 Å². The van der Waals surface area contributed by atoms with E-state index in [1.165, 1.54) is 0 Å². The largest absolute Gasteiger partial charge is 0.497 e. The number of benzene rings is 2. The van der Waals surface area contributed by atoms with Crippen LogP contribution in [0.15, 0.2) is 88.9 Å². The fourth-order valence-corrected chi connectivity index (χ4v) is 3.57. The van der Waals surface area contributed by atoms with Crippen molar-refractivity contribution >= 4 is 34.6 Å². The molecule has 0 aliphatic carbocycles. The minimum Gasteiger partial charge on any atom is -0.497 e. The monoisotopic (exact) mass is 410 g/mol. The van der Waals surface area contributed by atoms with Gasteiger partial charge in [0.25, 0.3) is 5.91 Å². The van der Waals surface area contributed by atoms with Crippen LogP contribution in [0.5, 0.6) is 5.75 Å². The first-order valence-electron chi connectivity index (χ1n) is 9.65. The van der Waals surface area contributed by atoms with Crippen LogP contribution in [-0.2, 0) is 4.79 Å². The number of amides is 1. The van der Waals surface area contributed by atoms with Crippen molar-refractivity contribution in [2.75, 3.05) is 12.4 Å². The first-order valence-corrected chi connectivity index (χ1v) is 9.65. The molecule has 2 aromatic carbocycles. The molecule has 2 aromatic rings. The summed E-state index contributed by atoms with van der Waals surface area (Å²) in [5, 5.41) is 22.2. The average molecular weight is 410 g/mol. The molecule has 3 heterocycles. The molecule has 1 amide bonds. The molecule has 0 bridgehead atoms. The number of carbonyl (C=O) groups excluding carboxylic acids is 1. The first kappa shape index (κ1) is 18.8. The SMILES string of the molecule is COc1ccc2c(c1)/C(=C\c1ccc3c(c1)N=NC3=CC=C1C=CC=CN1O)C(=O)N2. The van der Waals surface area contributed by atoms with E-state index in [0.717, 1.165) is 33.1 Å². The molecule has 31 heavy (non-hydrogen) atoms. The number of carbonyl (C=O) groups is 1. The Morgan fingerprint density at radius 2 is 1.97 bits per heavy atom. The molecule has 3 aliphatic rings. The van der Waals surface area contributed by atoms with Gasteiger partial charge in [-0.3, -0.25) is 10.0 Å². The summed E-state index contributed by atoms with van der Waals surface area (Å²) >= 11 is 0. The van der Waals surface area contributed by atoms with E-state index < -0.39 is 0 Å². The van der Waals surface area contributed by atoms with Crippen LogP contribution in [0.2, 0.25) is 0 Å². The van der Waals surface area contributed by atoms with Gasteiger partial charge in [-0.05, 0) is 66.3 Å². The van der Waals surface area contributed by atoms with Crippen LogP contribution < -0.4 is 10.1 Å². The van der Waals surface area contributed by atoms with Crippen LogP contribution in [0.1, 0.15) is 16.7 Å². The molecule has 0 radical (unpaired) electrons. The fraction of sp³-hybridized carbons (Fsp3) is 0.0417. The molecule has 152 valence electrons. The number of azo groups is 1. The topological polar surface area (TPSA) is 86.5 Å². The van der Waals surface area contributed by atoms with E-state index in [-0.39, 0.29) is 5.91 Å². The highest BCUT2D eigenvalue weighted by molar-refractivity contribution is 6.35. The number of hydrogen-bond acceptors (Lipinski definition) is 6. The Labute approximate surface area is 178 Å². The molecule has 0 saturated carbocycles. The van der Waals surface area contributed by atoms with E-state index in [4.69, 9.17) is 4.74 Å². The molecular formula is C24H18N4O3. The van der Waals surface area contributed by atoms with Gasteiger partial charge < -0.3 is 10.1 Å². The number of rotatable bonds is 3. The zero-order valence-corrected chi connectivity index (χ0v) is 16.6. The Balaban J connectivity index is 1.45. The molecule has 2 N–H and O–H groups in total. The molecule has 7 nitrogen and oxygen atoms in total. The van der Waals surface area contributed by atoms with Gasteiger partial charge in [-0.1, -0.05) is 12.1 Å². The normalized spacial score (nSPS) is 20.0. The Bertz CT molecular complexity index is 1280. The van der Waals surface area contributed by atoms with Crippen molar-refractivity contribution in [2.45, 2.75) is 0 Å². The fourth-order valence-electron chi connectivity index (χ4n) is 3.57. The third kappa shape index (κ3) is 3.47. The molecule has 0 fully saturated rings. The summed E-state index contributed by atoms with van der Waals surface area (Å²) in [5.41, 5.74) is 5.93. The van der Waals surface area contributed by atoms with Crippen LogP contribution in [-0.4, -0.2) is 23.3 Å². The van der Waals surface area contributed by atoms with Crippen molar-refractivity contribution in [3.63, 3.8) is 0 Å². The number of anilines is 1. The first-order chi connectivity index (χ1) is 15.1. The van der Waals surface area contributed by atoms with Crippen LogP contribution in [0, 0.1) is 0 Å². The number of ether oxygens (including phenoxy) is 1. The lowest BCUT2D eigenvalue weighted by Gasteiger charge is -2.14. The molecule has 7 heteroatoms. The molecule has 0 atom stereocenters. The number of nitrogens with zero attached hydrogens (tertiary/aromatic N) is 3. The lowest BCUT2D eigenvalue weighted by molar-refractivity contribution is -0.110. The van der Waals surface area contributed by atoms with Gasteiger partial charge in [0.2, 0.25) is 0 Å². The van der Waals surface area contributed by atoms with Gasteiger partial charge in [-0.2, -0.15) is 0 Å². The second-order valence-electron chi connectivity index (χ2n) is 7.09. The summed E-state index contributed by atoms with van der Waals surface area (Å²) in [5.74, 6) is 0.540. The van der Waals surface area contributed by atoms with E-state index in [9.17, 15) is 10.0 Å². The number of hydrogen-bond donors (Lipinski definition) is 2. The Morgan fingerprint density at radius 1 is 1.06 bits per heavy atom. The smallest absolute Gasteiger partial charge is 0.256 e. The van der Waals surface area contributed by atoms with E-state index >= 15 is 0 Å². The van der Waals surface area contributed by atoms with Crippen LogP contribution in [0.25, 0.3) is 17.3 Å². The summed E-state index contributed by atoms with van der Waals surface area (Å²) in [7, 11) is 1.60. The lowest BCUT2D eigenvalue weighted by Crippen LogP contribution is -2.10. The van der Waals surface area contributed by atoms with E-state index in [2.05, 4.69) is 15.5 Å². The Morgan fingerprint density at radius 3 is 2.81 bits per heavy atom. The molecule has 0 saturated heterocycles. The minimum atomic E-state index is -0.152. The van der Waals surface area contributed by atoms with Crippen molar-refractivity contribution in [2.24, 2.45) is 10.2 Å². The van der Waals surface area contributed by atoms with Gasteiger partial charge in [-0.15, -0.1) is 10.2 Å². The molecule has 3 aliphatic heterocycles. The van der Waals surface area contributed by atoms with Gasteiger partial charge >= 0.3 is 0 Å². The summed E-state index contributed by atoms with van der Waals surface area (Å²) in [4.78, 5) is 12.5. The predicted octanol–water partition coefficient (Wildman–Crippen LogP) is 5.28. The maximum atomic E-state index is 12.5. The summed E-state index contributed by atoms with van der Waals surface area (Å²) in [6, 6.07) is 11.2. The molecular weight excluding hydrogens is 392 g/mol. The van der Waals surface area contributed by atoms with Crippen molar-refractivity contribution in [1.82, 2.24) is 5.06 Å². The number of fused-ring (bicyclic) bond motifs is 2. The number of allylic oxidation sites excluding steroid dienone is 5. The highest BCUT2D eigenvalue weighted by atomic mass is 16.5. The average Bonchev–Trinajstić information content (AvgIpc) is 3.33. The zero-order chi connectivity index (χ0) is 21.4. The molecule has 0 aromatic heterocycles. The predicted molar refractivity (Wildman–Crippen MR) is 118 cm³/mol. The lowest BCUT2D eigenvalue weighted by atomic mass is 10.0. The van der Waals surface area contributed by atoms with E-state index in [0.29, 0.717) is 22.7 Å². The summed E-state index contributed by atoms with van der Waals surface area (Å²) in [6.07, 6.45) is 12.3. The zero-order valence-electron chi connectivity index (χ0n) is 16.6. The van der Waals surface area contributed by atoms with Crippen molar-refractivity contribution in [1.29, 1.82) is 0 Å². The molecule has 0 spiro atoms. The minimum absolute atomic E-state index is 0.152. The Kier molecular flexibility index (Phi) is 4.57.